The predicted molar refractivity (Wildman–Crippen MR) is 129 cm³/mol. The molecule has 1 aliphatic rings. The van der Waals surface area contributed by atoms with Crippen LogP contribution in [0.2, 0.25) is 0 Å². The van der Waals surface area contributed by atoms with Crippen molar-refractivity contribution in [3.05, 3.63) is 90.0 Å². The number of nitrogens with zero attached hydrogens (tertiary/aromatic N) is 4. The van der Waals surface area contributed by atoms with E-state index in [2.05, 4.69) is 26.2 Å². The van der Waals surface area contributed by atoms with E-state index in [0.717, 1.165) is 46.1 Å². The van der Waals surface area contributed by atoms with Gasteiger partial charge in [-0.2, -0.15) is 0 Å². The fourth-order valence-corrected chi connectivity index (χ4v) is 3.91. The van der Waals surface area contributed by atoms with Crippen LogP contribution in [0.15, 0.2) is 73.3 Å². The number of hydrogen-bond acceptors (Lipinski definition) is 5. The van der Waals surface area contributed by atoms with Gasteiger partial charge in [-0.3, -0.25) is 9.78 Å². The molecule has 4 aromatic rings. The van der Waals surface area contributed by atoms with E-state index in [4.69, 9.17) is 6.42 Å². The number of rotatable bonds is 7. The van der Waals surface area contributed by atoms with E-state index in [1.165, 1.54) is 6.33 Å². The van der Waals surface area contributed by atoms with Crippen LogP contribution < -0.4 is 5.32 Å². The molecule has 0 radical (unpaired) electrons. The molecule has 0 saturated heterocycles. The summed E-state index contributed by atoms with van der Waals surface area (Å²) in [6.45, 7) is 0.590. The third-order valence-electron chi connectivity index (χ3n) is 5.73. The average Bonchev–Trinajstić information content (AvgIpc) is 3.69. The number of anilines is 2. The summed E-state index contributed by atoms with van der Waals surface area (Å²) in [6.07, 6.45) is 13.1. The molecule has 6 heteroatoms. The zero-order chi connectivity index (χ0) is 22.6. The number of hydrogen-bond donors (Lipinski definition) is 1. The van der Waals surface area contributed by atoms with Crippen LogP contribution in [0.25, 0.3) is 10.9 Å². The lowest BCUT2D eigenvalue weighted by Crippen LogP contribution is -2.33. The first-order valence-corrected chi connectivity index (χ1v) is 11.0. The molecule has 2 heterocycles. The van der Waals surface area contributed by atoms with Crippen molar-refractivity contribution < 1.29 is 4.79 Å². The highest BCUT2D eigenvalue weighted by molar-refractivity contribution is 5.92. The van der Waals surface area contributed by atoms with Crippen molar-refractivity contribution in [2.24, 2.45) is 0 Å². The van der Waals surface area contributed by atoms with Crippen LogP contribution in [0.3, 0.4) is 0 Å². The molecule has 1 fully saturated rings. The van der Waals surface area contributed by atoms with Crippen LogP contribution in [0.1, 0.15) is 29.5 Å². The molecule has 2 aromatic heterocycles. The van der Waals surface area contributed by atoms with Crippen LogP contribution in [-0.4, -0.2) is 31.8 Å². The summed E-state index contributed by atoms with van der Waals surface area (Å²) in [7, 11) is 0. The third kappa shape index (κ3) is 4.83. The lowest BCUT2D eigenvalue weighted by molar-refractivity contribution is -0.131. The van der Waals surface area contributed by atoms with Gasteiger partial charge in [0.05, 0.1) is 11.9 Å². The number of terminal acetylenes is 1. The number of amides is 1. The summed E-state index contributed by atoms with van der Waals surface area (Å²) < 4.78 is 0. The summed E-state index contributed by atoms with van der Waals surface area (Å²) in [5.41, 5.74) is 4.43. The first-order chi connectivity index (χ1) is 16.2. The maximum absolute atomic E-state index is 13.2. The Kier molecular flexibility index (Phi) is 5.69. The lowest BCUT2D eigenvalue weighted by atomic mass is 10.1. The SMILES string of the molecule is C#Cc1cccc(Nc2ncnc3ccc(CC(=O)N(Cc4cccnc4)C4CC4)cc23)c1. The van der Waals surface area contributed by atoms with Crippen LogP contribution >= 0.6 is 0 Å². The molecule has 0 unspecified atom stereocenters. The summed E-state index contributed by atoms with van der Waals surface area (Å²) in [6, 6.07) is 17.7. The van der Waals surface area contributed by atoms with Gasteiger partial charge in [0.25, 0.3) is 0 Å². The van der Waals surface area contributed by atoms with E-state index >= 15 is 0 Å². The molecule has 1 amide bonds. The average molecular weight is 434 g/mol. The normalized spacial score (nSPS) is 12.8. The summed E-state index contributed by atoms with van der Waals surface area (Å²) in [5, 5.41) is 4.20. The molecule has 162 valence electrons. The first-order valence-electron chi connectivity index (χ1n) is 11.0. The minimum absolute atomic E-state index is 0.119. The predicted octanol–water partition coefficient (Wildman–Crippen LogP) is 4.48. The zero-order valence-corrected chi connectivity index (χ0v) is 18.1. The van der Waals surface area contributed by atoms with E-state index in [1.807, 2.05) is 65.7 Å². The molecule has 1 N–H and O–H groups in total. The molecule has 0 aliphatic heterocycles. The molecular formula is C27H23N5O. The minimum Gasteiger partial charge on any atom is -0.340 e. The number of fused-ring (bicyclic) bond motifs is 1. The fourth-order valence-electron chi connectivity index (χ4n) is 3.91. The second kappa shape index (κ2) is 9.09. The summed E-state index contributed by atoms with van der Waals surface area (Å²) >= 11 is 0. The van der Waals surface area contributed by atoms with Gasteiger partial charge in [-0.1, -0.05) is 24.1 Å². The van der Waals surface area contributed by atoms with E-state index in [1.54, 1.807) is 6.20 Å². The minimum atomic E-state index is 0.119. The molecule has 1 saturated carbocycles. The highest BCUT2D eigenvalue weighted by Gasteiger charge is 2.32. The van der Waals surface area contributed by atoms with Crippen molar-refractivity contribution >= 4 is 28.3 Å². The Labute approximate surface area is 192 Å². The number of nitrogens with one attached hydrogen (secondary N) is 1. The van der Waals surface area contributed by atoms with Crippen molar-refractivity contribution in [1.29, 1.82) is 0 Å². The molecule has 2 aromatic carbocycles. The van der Waals surface area contributed by atoms with Gasteiger partial charge >= 0.3 is 0 Å². The maximum Gasteiger partial charge on any atom is 0.227 e. The fraction of sp³-hybridized carbons (Fsp3) is 0.185. The number of benzene rings is 2. The molecule has 0 bridgehead atoms. The molecule has 1 aliphatic carbocycles. The Morgan fingerprint density at radius 1 is 1.09 bits per heavy atom. The second-order valence-electron chi connectivity index (χ2n) is 8.21. The second-order valence-corrected chi connectivity index (χ2v) is 8.21. The zero-order valence-electron chi connectivity index (χ0n) is 18.1. The quantitative estimate of drug-likeness (QED) is 0.435. The van der Waals surface area contributed by atoms with Crippen LogP contribution in [0.5, 0.6) is 0 Å². The largest absolute Gasteiger partial charge is 0.340 e. The molecule has 0 atom stereocenters. The number of aromatic nitrogens is 3. The van der Waals surface area contributed by atoms with Crippen molar-refractivity contribution in [2.75, 3.05) is 5.32 Å². The van der Waals surface area contributed by atoms with Crippen molar-refractivity contribution in [3.8, 4) is 12.3 Å². The Hall–Kier alpha value is -4.24. The van der Waals surface area contributed by atoms with Crippen molar-refractivity contribution in [1.82, 2.24) is 19.9 Å². The Morgan fingerprint density at radius 2 is 2.00 bits per heavy atom. The van der Waals surface area contributed by atoms with Crippen LogP contribution in [-0.2, 0) is 17.8 Å². The van der Waals surface area contributed by atoms with Gasteiger partial charge in [0, 0.05) is 41.6 Å². The third-order valence-corrected chi connectivity index (χ3v) is 5.73. The highest BCUT2D eigenvalue weighted by atomic mass is 16.2. The number of pyridine rings is 1. The van der Waals surface area contributed by atoms with Crippen LogP contribution in [0, 0.1) is 12.3 Å². The standard InChI is InChI=1S/C27H23N5O/c1-2-19-5-3-7-22(13-19)31-27-24-14-20(8-11-25(24)29-18-30-27)15-26(33)32(23-9-10-23)17-21-6-4-12-28-16-21/h1,3-8,11-14,16,18,23H,9-10,15,17H2,(H,29,30,31). The van der Waals surface area contributed by atoms with Gasteiger partial charge in [-0.15, -0.1) is 6.42 Å². The molecule has 0 spiro atoms. The van der Waals surface area contributed by atoms with Crippen LogP contribution in [0.4, 0.5) is 11.5 Å². The van der Waals surface area contributed by atoms with Crippen molar-refractivity contribution in [3.63, 3.8) is 0 Å². The van der Waals surface area contributed by atoms with Gasteiger partial charge in [0.1, 0.15) is 12.1 Å². The Bertz CT molecular complexity index is 1340. The first kappa shape index (κ1) is 20.7. The molecule has 33 heavy (non-hydrogen) atoms. The van der Waals surface area contributed by atoms with Gasteiger partial charge in [0.15, 0.2) is 0 Å². The monoisotopic (exact) mass is 433 g/mol. The highest BCUT2D eigenvalue weighted by Crippen LogP contribution is 2.30. The molecular weight excluding hydrogens is 410 g/mol. The Morgan fingerprint density at radius 3 is 2.79 bits per heavy atom. The lowest BCUT2D eigenvalue weighted by Gasteiger charge is -2.22. The molecule has 6 nitrogen and oxygen atoms in total. The Balaban J connectivity index is 1.38. The van der Waals surface area contributed by atoms with E-state index in [0.29, 0.717) is 24.8 Å². The number of carbonyl (C=O) groups is 1. The van der Waals surface area contributed by atoms with Gasteiger partial charge in [-0.25, -0.2) is 9.97 Å². The van der Waals surface area contributed by atoms with Crippen molar-refractivity contribution in [2.45, 2.75) is 31.8 Å². The van der Waals surface area contributed by atoms with Gasteiger partial charge in [-0.05, 0) is 60.4 Å². The summed E-state index contributed by atoms with van der Waals surface area (Å²) in [4.78, 5) is 28.2. The number of carbonyl (C=O) groups excluding carboxylic acids is 1. The van der Waals surface area contributed by atoms with Gasteiger partial charge < -0.3 is 10.2 Å². The van der Waals surface area contributed by atoms with E-state index < -0.39 is 0 Å². The van der Waals surface area contributed by atoms with E-state index in [-0.39, 0.29) is 5.91 Å². The summed E-state index contributed by atoms with van der Waals surface area (Å²) in [5.74, 6) is 3.44. The topological polar surface area (TPSA) is 71.0 Å². The smallest absolute Gasteiger partial charge is 0.227 e. The van der Waals surface area contributed by atoms with E-state index in [9.17, 15) is 4.79 Å². The maximum atomic E-state index is 13.2. The molecule has 5 rings (SSSR count). The van der Waals surface area contributed by atoms with Gasteiger partial charge in [0.2, 0.25) is 5.91 Å².